The zero-order valence-corrected chi connectivity index (χ0v) is 18.9. The van der Waals surface area contributed by atoms with E-state index in [1.165, 1.54) is 13.3 Å². The number of hydrogen-bond donors (Lipinski definition) is 3. The number of Topliss-reactive ketones (excluding diaryl/α,β-unsaturated/α-hetero) is 1. The fraction of sp³-hybridized carbons (Fsp3) is 0.120. The molecule has 0 bridgehead atoms. The van der Waals surface area contributed by atoms with Crippen molar-refractivity contribution >= 4 is 45.6 Å². The number of anilines is 4. The molecule has 172 valence electrons. The Morgan fingerprint density at radius 3 is 2.26 bits per heavy atom. The zero-order chi connectivity index (χ0) is 24.1. The minimum absolute atomic E-state index is 0.0758. The van der Waals surface area contributed by atoms with E-state index in [4.69, 9.17) is 9.47 Å². The molecule has 0 radical (unpaired) electrons. The number of carbonyl (C=O) groups is 2. The molecule has 0 aliphatic carbocycles. The van der Waals surface area contributed by atoms with Gasteiger partial charge in [-0.05, 0) is 49.4 Å². The minimum atomic E-state index is -0.439. The fourth-order valence-corrected chi connectivity index (χ4v) is 3.39. The molecule has 4 rings (SSSR count). The van der Waals surface area contributed by atoms with Gasteiger partial charge < -0.3 is 25.4 Å². The van der Waals surface area contributed by atoms with E-state index in [0.29, 0.717) is 45.2 Å². The average molecular weight is 457 g/mol. The number of hydrogen-bond acceptors (Lipinski definition) is 7. The van der Waals surface area contributed by atoms with Gasteiger partial charge in [-0.2, -0.15) is 0 Å². The minimum Gasteiger partial charge on any atom is -0.493 e. The van der Waals surface area contributed by atoms with Crippen molar-refractivity contribution in [3.63, 3.8) is 0 Å². The molecular formula is C25H23N5O4. The Morgan fingerprint density at radius 2 is 1.53 bits per heavy atom. The molecule has 34 heavy (non-hydrogen) atoms. The van der Waals surface area contributed by atoms with Gasteiger partial charge in [-0.1, -0.05) is 12.1 Å². The maximum atomic E-state index is 12.5. The second-order valence-electron chi connectivity index (χ2n) is 7.37. The van der Waals surface area contributed by atoms with E-state index < -0.39 is 6.03 Å². The maximum Gasteiger partial charge on any atom is 0.323 e. The van der Waals surface area contributed by atoms with E-state index in [0.717, 1.165) is 5.69 Å². The summed E-state index contributed by atoms with van der Waals surface area (Å²) in [6, 6.07) is 17.1. The van der Waals surface area contributed by atoms with Gasteiger partial charge in [-0.25, -0.2) is 14.8 Å². The van der Waals surface area contributed by atoms with E-state index in [2.05, 4.69) is 25.9 Å². The molecule has 0 spiro atoms. The van der Waals surface area contributed by atoms with E-state index in [9.17, 15) is 9.59 Å². The Balaban J connectivity index is 1.55. The summed E-state index contributed by atoms with van der Waals surface area (Å²) in [5.41, 5.74) is 3.05. The zero-order valence-electron chi connectivity index (χ0n) is 18.9. The van der Waals surface area contributed by atoms with Gasteiger partial charge in [0.25, 0.3) is 0 Å². The quantitative estimate of drug-likeness (QED) is 0.325. The standard InChI is InChI=1S/C25H23N5O4/c1-15(31)16-5-4-6-17(11-16)29-25(32)30-18-7-9-21-20(12-18)24(27-14-26-21)28-19-8-10-22(33-2)23(13-19)34-3/h4-14H,1-3H3,(H,26,27,28)(H2,29,30,32). The van der Waals surface area contributed by atoms with Crippen molar-refractivity contribution in [3.05, 3.63) is 72.6 Å². The van der Waals surface area contributed by atoms with Crippen molar-refractivity contribution in [2.75, 3.05) is 30.2 Å². The lowest BCUT2D eigenvalue weighted by atomic mass is 10.1. The van der Waals surface area contributed by atoms with Gasteiger partial charge in [0.1, 0.15) is 12.1 Å². The Hall–Kier alpha value is -4.66. The lowest BCUT2D eigenvalue weighted by Crippen LogP contribution is -2.19. The third kappa shape index (κ3) is 5.04. The molecule has 0 atom stereocenters. The molecule has 0 saturated heterocycles. The molecule has 1 heterocycles. The molecule has 4 aromatic rings. The predicted molar refractivity (Wildman–Crippen MR) is 131 cm³/mol. The van der Waals surface area contributed by atoms with Crippen LogP contribution < -0.4 is 25.4 Å². The summed E-state index contributed by atoms with van der Waals surface area (Å²) in [6.45, 7) is 1.48. The Kier molecular flexibility index (Phi) is 6.54. The number of aromatic nitrogens is 2. The largest absolute Gasteiger partial charge is 0.493 e. The average Bonchev–Trinajstić information content (AvgIpc) is 2.84. The van der Waals surface area contributed by atoms with Crippen LogP contribution in [0.4, 0.5) is 27.7 Å². The van der Waals surface area contributed by atoms with E-state index in [1.807, 2.05) is 6.07 Å². The molecule has 3 N–H and O–H groups in total. The Labute approximate surface area is 196 Å². The number of fused-ring (bicyclic) bond motifs is 1. The summed E-state index contributed by atoms with van der Waals surface area (Å²) in [5, 5.41) is 9.52. The molecular weight excluding hydrogens is 434 g/mol. The highest BCUT2D eigenvalue weighted by Gasteiger charge is 2.10. The first-order chi connectivity index (χ1) is 16.5. The van der Waals surface area contributed by atoms with Crippen LogP contribution in [0.2, 0.25) is 0 Å². The van der Waals surface area contributed by atoms with Crippen LogP contribution in [-0.4, -0.2) is 36.0 Å². The van der Waals surface area contributed by atoms with Gasteiger partial charge in [0.2, 0.25) is 0 Å². The van der Waals surface area contributed by atoms with Crippen LogP contribution in [0, 0.1) is 0 Å². The van der Waals surface area contributed by atoms with Crippen LogP contribution in [0.1, 0.15) is 17.3 Å². The van der Waals surface area contributed by atoms with Crippen molar-refractivity contribution in [1.29, 1.82) is 0 Å². The van der Waals surface area contributed by atoms with Crippen LogP contribution in [0.25, 0.3) is 10.9 Å². The summed E-state index contributed by atoms with van der Waals surface area (Å²) >= 11 is 0. The summed E-state index contributed by atoms with van der Waals surface area (Å²) in [5.74, 6) is 1.69. The van der Waals surface area contributed by atoms with Gasteiger partial charge in [0, 0.05) is 34.1 Å². The number of urea groups is 1. The molecule has 0 aliphatic rings. The molecule has 0 aliphatic heterocycles. The number of rotatable bonds is 7. The summed E-state index contributed by atoms with van der Waals surface area (Å²) in [6.07, 6.45) is 1.47. The summed E-state index contributed by atoms with van der Waals surface area (Å²) in [7, 11) is 3.15. The number of methoxy groups -OCH3 is 2. The SMILES string of the molecule is COc1ccc(Nc2ncnc3ccc(NC(=O)Nc4cccc(C(C)=O)c4)cc23)cc1OC. The number of nitrogens with one attached hydrogen (secondary N) is 3. The molecule has 0 fully saturated rings. The maximum absolute atomic E-state index is 12.5. The lowest BCUT2D eigenvalue weighted by molar-refractivity contribution is 0.101. The highest BCUT2D eigenvalue weighted by Crippen LogP contribution is 2.32. The molecule has 0 unspecified atom stereocenters. The van der Waals surface area contributed by atoms with Crippen molar-refractivity contribution < 1.29 is 19.1 Å². The number of nitrogens with zero attached hydrogens (tertiary/aromatic N) is 2. The second-order valence-corrected chi connectivity index (χ2v) is 7.37. The molecule has 3 aromatic carbocycles. The van der Waals surface area contributed by atoms with Gasteiger partial charge in [-0.15, -0.1) is 0 Å². The Bertz CT molecular complexity index is 1370. The molecule has 0 saturated carbocycles. The van der Waals surface area contributed by atoms with E-state index in [1.54, 1.807) is 68.8 Å². The van der Waals surface area contributed by atoms with Crippen molar-refractivity contribution in [2.24, 2.45) is 0 Å². The number of amides is 2. The Morgan fingerprint density at radius 1 is 0.794 bits per heavy atom. The van der Waals surface area contributed by atoms with Crippen LogP contribution in [-0.2, 0) is 0 Å². The number of carbonyl (C=O) groups excluding carboxylic acids is 2. The van der Waals surface area contributed by atoms with Crippen LogP contribution >= 0.6 is 0 Å². The van der Waals surface area contributed by atoms with Gasteiger partial charge >= 0.3 is 6.03 Å². The predicted octanol–water partition coefficient (Wildman–Crippen LogP) is 5.24. The van der Waals surface area contributed by atoms with Crippen LogP contribution in [0.5, 0.6) is 11.5 Å². The lowest BCUT2D eigenvalue weighted by Gasteiger charge is -2.13. The summed E-state index contributed by atoms with van der Waals surface area (Å²) < 4.78 is 10.6. The van der Waals surface area contributed by atoms with E-state index >= 15 is 0 Å². The smallest absolute Gasteiger partial charge is 0.323 e. The first kappa shape index (κ1) is 22.5. The third-order valence-electron chi connectivity index (χ3n) is 5.07. The molecule has 2 amide bonds. The second kappa shape index (κ2) is 9.86. The normalized spacial score (nSPS) is 10.4. The number of benzene rings is 3. The van der Waals surface area contributed by atoms with Crippen LogP contribution in [0.15, 0.2) is 67.0 Å². The van der Waals surface area contributed by atoms with Crippen molar-refractivity contribution in [2.45, 2.75) is 6.92 Å². The number of ether oxygens (including phenoxy) is 2. The number of ketones is 1. The van der Waals surface area contributed by atoms with Gasteiger partial charge in [-0.3, -0.25) is 4.79 Å². The summed E-state index contributed by atoms with van der Waals surface area (Å²) in [4.78, 5) is 32.8. The van der Waals surface area contributed by atoms with Crippen molar-refractivity contribution in [3.8, 4) is 11.5 Å². The molecule has 9 nitrogen and oxygen atoms in total. The first-order valence-electron chi connectivity index (χ1n) is 10.4. The molecule has 1 aromatic heterocycles. The topological polar surface area (TPSA) is 114 Å². The van der Waals surface area contributed by atoms with Gasteiger partial charge in [0.05, 0.1) is 19.7 Å². The van der Waals surface area contributed by atoms with E-state index in [-0.39, 0.29) is 5.78 Å². The highest BCUT2D eigenvalue weighted by atomic mass is 16.5. The molecule has 9 heteroatoms. The third-order valence-corrected chi connectivity index (χ3v) is 5.07. The monoisotopic (exact) mass is 457 g/mol. The van der Waals surface area contributed by atoms with Crippen LogP contribution in [0.3, 0.4) is 0 Å². The fourth-order valence-electron chi connectivity index (χ4n) is 3.39. The first-order valence-corrected chi connectivity index (χ1v) is 10.4. The van der Waals surface area contributed by atoms with Crippen molar-refractivity contribution in [1.82, 2.24) is 9.97 Å². The highest BCUT2D eigenvalue weighted by molar-refractivity contribution is 6.03. The van der Waals surface area contributed by atoms with Gasteiger partial charge in [0.15, 0.2) is 17.3 Å².